The second kappa shape index (κ2) is 9.90. The number of alkyl halides is 6. The number of hydrogen-bond acceptors (Lipinski definition) is 1. The fourth-order valence-corrected chi connectivity index (χ4v) is 15.8. The van der Waals surface area contributed by atoms with Crippen LogP contribution < -0.4 is 10.0 Å². The predicted molar refractivity (Wildman–Crippen MR) is 109 cm³/mol. The van der Waals surface area contributed by atoms with Gasteiger partial charge in [0.1, 0.15) is 0 Å². The summed E-state index contributed by atoms with van der Waals surface area (Å²) in [6.45, 7) is 0. The van der Waals surface area contributed by atoms with Crippen LogP contribution in [0.1, 0.15) is 64.2 Å². The summed E-state index contributed by atoms with van der Waals surface area (Å²) < 4.78 is 67.9. The fraction of sp³-hybridized carbons (Fsp3) is 0.714. The van der Waals surface area contributed by atoms with E-state index in [4.69, 9.17) is 11.6 Å². The molecule has 0 heterocycles. The summed E-state index contributed by atoms with van der Waals surface area (Å²) in [7, 11) is -2.33. The van der Waals surface area contributed by atoms with E-state index in [0.29, 0.717) is 11.3 Å². The van der Waals surface area contributed by atoms with Crippen LogP contribution in [0.25, 0.3) is 0 Å². The fourth-order valence-electron chi connectivity index (χ4n) is 5.43. The first-order chi connectivity index (χ1) is 14.1. The molecule has 2 aliphatic rings. The summed E-state index contributed by atoms with van der Waals surface area (Å²) in [6, 6.07) is 5.89. The molecule has 0 N–H and O–H groups in total. The van der Waals surface area contributed by atoms with E-state index in [-0.39, 0.29) is 3.59 Å². The van der Waals surface area contributed by atoms with Gasteiger partial charge in [-0.1, -0.05) is 0 Å². The molecular weight excluding hydrogens is 536 g/mol. The van der Waals surface area contributed by atoms with Crippen LogP contribution in [-0.4, -0.2) is 27.2 Å². The van der Waals surface area contributed by atoms with Crippen LogP contribution >= 0.6 is 18.9 Å². The topological polar surface area (TPSA) is 9.23 Å². The zero-order valence-electron chi connectivity index (χ0n) is 16.6. The van der Waals surface area contributed by atoms with Gasteiger partial charge in [-0.15, -0.1) is 0 Å². The molecule has 0 aromatic heterocycles. The molecule has 30 heavy (non-hydrogen) atoms. The Kier molecular flexibility index (Phi) is 8.15. The van der Waals surface area contributed by atoms with E-state index in [1.54, 1.807) is 12.1 Å². The van der Waals surface area contributed by atoms with Crippen molar-refractivity contribution in [3.63, 3.8) is 0 Å². The van der Waals surface area contributed by atoms with Gasteiger partial charge in [-0.05, 0) is 0 Å². The molecular formula is C21H28ClF5OPPd. The van der Waals surface area contributed by atoms with Crippen molar-refractivity contribution in [2.45, 2.75) is 91.4 Å². The van der Waals surface area contributed by atoms with Crippen molar-refractivity contribution in [2.24, 2.45) is 0 Å². The molecule has 2 aliphatic carbocycles. The molecule has 0 aliphatic heterocycles. The van der Waals surface area contributed by atoms with Gasteiger partial charge < -0.3 is 0 Å². The Bertz CT molecular complexity index is 668. The van der Waals surface area contributed by atoms with Crippen molar-refractivity contribution < 1.29 is 45.9 Å². The molecule has 1 unspecified atom stereocenters. The molecule has 0 bridgehead atoms. The van der Waals surface area contributed by atoms with Crippen LogP contribution in [0, 0.1) is 0 Å². The normalized spacial score (nSPS) is 22.0. The molecule has 0 radical (unpaired) electrons. The Morgan fingerprint density at radius 1 is 0.833 bits per heavy atom. The molecule has 1 atom stereocenters. The molecule has 3 rings (SSSR count). The third-order valence-electron chi connectivity index (χ3n) is 6.82. The standard InChI is InChI=1S/C21H28ClF5OP.Pd/c22-15-29(17-7-3-1-4-8-17,18-9-5-2-6-10-18)19-13-11-16(12-14-19)28-21(26,27)20(23,24)25;/h11-15,17-18,29H,1-10H2;. The average molecular weight is 564 g/mol. The van der Waals surface area contributed by atoms with Gasteiger partial charge in [0.05, 0.1) is 0 Å². The van der Waals surface area contributed by atoms with E-state index >= 15 is 0 Å². The van der Waals surface area contributed by atoms with Crippen molar-refractivity contribution in [3.05, 3.63) is 24.3 Å². The van der Waals surface area contributed by atoms with Gasteiger partial charge in [0.25, 0.3) is 0 Å². The Hall–Kier alpha value is 0.0523. The maximum absolute atomic E-state index is 13.3. The first-order valence-electron chi connectivity index (χ1n) is 10.6. The van der Waals surface area contributed by atoms with Gasteiger partial charge in [0.2, 0.25) is 0 Å². The third-order valence-corrected chi connectivity index (χ3v) is 16.0. The zero-order chi connectivity index (χ0) is 22.0. The van der Waals surface area contributed by atoms with E-state index in [1.165, 1.54) is 25.0 Å². The van der Waals surface area contributed by atoms with Crippen molar-refractivity contribution in [2.75, 3.05) is 0 Å². The maximum atomic E-state index is 13.3. The minimum absolute atomic E-state index is 0.185. The van der Waals surface area contributed by atoms with Crippen LogP contribution in [0.2, 0.25) is 0 Å². The Labute approximate surface area is 191 Å². The van der Waals surface area contributed by atoms with Gasteiger partial charge in [0, 0.05) is 0 Å². The zero-order valence-corrected chi connectivity index (χ0v) is 19.9. The van der Waals surface area contributed by atoms with Gasteiger partial charge in [0.15, 0.2) is 0 Å². The second-order valence-corrected chi connectivity index (χ2v) is 16.1. The molecule has 0 saturated heterocycles. The van der Waals surface area contributed by atoms with Crippen LogP contribution in [0.15, 0.2) is 24.3 Å². The van der Waals surface area contributed by atoms with Crippen molar-refractivity contribution in [1.82, 2.24) is 0 Å². The van der Waals surface area contributed by atoms with Crippen molar-refractivity contribution >= 4 is 24.2 Å². The summed E-state index contributed by atoms with van der Waals surface area (Å²) in [6.07, 6.45) is 0.501. The van der Waals surface area contributed by atoms with Crippen LogP contribution in [0.3, 0.4) is 0 Å². The van der Waals surface area contributed by atoms with Gasteiger partial charge >= 0.3 is 191 Å². The summed E-state index contributed by atoms with van der Waals surface area (Å²) >= 11 is 10.3. The summed E-state index contributed by atoms with van der Waals surface area (Å²) in [5.74, 6) is -0.486. The third kappa shape index (κ3) is 5.00. The Balaban J connectivity index is 1.97. The quantitative estimate of drug-likeness (QED) is 0.152. The summed E-state index contributed by atoms with van der Waals surface area (Å²) in [4.78, 5) is 0. The molecule has 1 aromatic rings. The molecule has 2 saturated carbocycles. The van der Waals surface area contributed by atoms with Crippen LogP contribution in [-0.2, 0) is 19.2 Å². The second-order valence-electron chi connectivity index (χ2n) is 8.51. The number of ether oxygens (including phenoxy) is 1. The molecule has 0 amide bonds. The first-order valence-corrected chi connectivity index (χ1v) is 14.1. The van der Waals surface area contributed by atoms with E-state index in [2.05, 4.69) is 23.9 Å². The van der Waals surface area contributed by atoms with Crippen LogP contribution in [0.5, 0.6) is 5.75 Å². The average Bonchev–Trinajstić information content (AvgIpc) is 2.70. The minimum atomic E-state index is -5.76. The van der Waals surface area contributed by atoms with Crippen molar-refractivity contribution in [1.29, 1.82) is 0 Å². The van der Waals surface area contributed by atoms with E-state index in [9.17, 15) is 22.0 Å². The first kappa shape index (κ1) is 24.7. The number of halogens is 6. The Morgan fingerprint density at radius 3 is 1.63 bits per heavy atom. The van der Waals surface area contributed by atoms with Gasteiger partial charge in [-0.3, -0.25) is 0 Å². The molecule has 0 spiro atoms. The molecule has 1 aromatic carbocycles. The number of benzene rings is 1. The molecule has 2 fully saturated rings. The van der Waals surface area contributed by atoms with Crippen molar-refractivity contribution in [3.8, 4) is 5.75 Å². The van der Waals surface area contributed by atoms with Crippen LogP contribution in [0.4, 0.5) is 22.0 Å². The summed E-state index contributed by atoms with van der Waals surface area (Å²) in [5.41, 5.74) is 0.962. The molecule has 9 heteroatoms. The molecule has 1 nitrogen and oxygen atoms in total. The Morgan fingerprint density at radius 2 is 1.27 bits per heavy atom. The molecule has 175 valence electrons. The monoisotopic (exact) mass is 563 g/mol. The van der Waals surface area contributed by atoms with Gasteiger partial charge in [-0.2, -0.15) is 0 Å². The van der Waals surface area contributed by atoms with Gasteiger partial charge in [-0.25, -0.2) is 0 Å². The SMILES string of the molecule is FC(F)(F)C(F)(F)Oc1ccc([PH]([CH](Cl)[Pd])(C2CCCCC2)C2CCCCC2)cc1. The predicted octanol–water partition coefficient (Wildman–Crippen LogP) is 7.33. The summed E-state index contributed by atoms with van der Waals surface area (Å²) in [5, 5.41) is 1.04. The number of rotatable bonds is 6. The number of hydrogen-bond donors (Lipinski definition) is 0. The van der Waals surface area contributed by atoms with E-state index in [0.717, 1.165) is 56.7 Å². The van der Waals surface area contributed by atoms with E-state index < -0.39 is 25.3 Å². The van der Waals surface area contributed by atoms with E-state index in [1.807, 2.05) is 0 Å².